The Morgan fingerprint density at radius 1 is 0.538 bits per heavy atom. The molecule has 1 aromatic heterocycles. The molecule has 39 heavy (non-hydrogen) atoms. The Labute approximate surface area is 279 Å². The number of hydrogen-bond donors (Lipinski definition) is 0. The third-order valence-electron chi connectivity index (χ3n) is 5.13. The first kappa shape index (κ1) is 41.8. The van der Waals surface area contributed by atoms with E-state index in [4.69, 9.17) is 0 Å². The molecule has 0 amide bonds. The molecule has 0 atom stereocenters. The van der Waals surface area contributed by atoms with E-state index in [0.29, 0.717) is 0 Å². The molecule has 2 nitrogen and oxygen atoms in total. The smallest absolute Gasteiger partial charge is 0.391 e. The summed E-state index contributed by atoms with van der Waals surface area (Å²) in [6, 6.07) is 20.7. The van der Waals surface area contributed by atoms with E-state index < -0.39 is 0 Å². The van der Waals surface area contributed by atoms with Crippen LogP contribution in [0.3, 0.4) is 0 Å². The molecule has 0 fully saturated rings. The van der Waals surface area contributed by atoms with Crippen LogP contribution >= 0.6 is 0 Å². The van der Waals surface area contributed by atoms with E-state index in [2.05, 4.69) is 98.4 Å². The minimum absolute atomic E-state index is 0. The number of hydrogen-bond acceptors (Lipinski definition) is 2. The van der Waals surface area contributed by atoms with Crippen molar-refractivity contribution in [3.05, 3.63) is 130 Å². The van der Waals surface area contributed by atoms with Gasteiger partial charge in [-0.15, -0.1) is 39.8 Å². The van der Waals surface area contributed by atoms with Crippen LogP contribution < -0.4 is 10.4 Å². The fourth-order valence-corrected chi connectivity index (χ4v) is 3.05. The fraction of sp³-hybridized carbons (Fsp3) is 0.235. The number of rotatable bonds is 1. The summed E-state index contributed by atoms with van der Waals surface area (Å²) in [4.78, 5) is 8.56. The zero-order valence-corrected chi connectivity index (χ0v) is 33.0. The third-order valence-corrected chi connectivity index (χ3v) is 5.13. The molecule has 0 unspecified atom stereocenters. The Morgan fingerprint density at radius 2 is 0.872 bits per heavy atom. The number of fused-ring (bicyclic) bond motifs is 1. The van der Waals surface area contributed by atoms with Gasteiger partial charge in [-0.3, -0.25) is 22.1 Å². The van der Waals surface area contributed by atoms with E-state index in [1.165, 1.54) is 22.3 Å². The van der Waals surface area contributed by atoms with Crippen molar-refractivity contribution >= 4 is 23.2 Å². The topological polar surface area (TPSA) is 25.8 Å². The van der Waals surface area contributed by atoms with Crippen LogP contribution in [0.4, 0.5) is 0 Å². The van der Waals surface area contributed by atoms with Crippen LogP contribution in [0.25, 0.3) is 23.2 Å². The van der Waals surface area contributed by atoms with Gasteiger partial charge in [0.1, 0.15) is 0 Å². The quantitative estimate of drug-likeness (QED) is 0.148. The van der Waals surface area contributed by atoms with Crippen LogP contribution in [0.1, 0.15) is 49.9 Å². The molecule has 0 saturated carbocycles. The summed E-state index contributed by atoms with van der Waals surface area (Å²) in [6.07, 6.45) is 18.9. The Hall–Kier alpha value is -1.72. The van der Waals surface area contributed by atoms with Gasteiger partial charge in [0, 0.05) is 33.5 Å². The third kappa shape index (κ3) is 16.9. The molecule has 4 rings (SSSR count). The monoisotopic (exact) mass is 1030 g/mol. The maximum Gasteiger partial charge on any atom is 2.00 e. The molecular weight excluding hydrogens is 988 g/mol. The van der Waals surface area contributed by atoms with Crippen molar-refractivity contribution in [3.63, 3.8) is 0 Å². The molecule has 1 heterocycles. The molecule has 0 radical (unpaired) electrons. The van der Waals surface area contributed by atoms with Gasteiger partial charge in [0.2, 0.25) is 0 Å². The van der Waals surface area contributed by atoms with E-state index in [1.807, 2.05) is 64.1 Å². The van der Waals surface area contributed by atoms with Crippen molar-refractivity contribution in [3.8, 4) is 0 Å². The molecule has 3 aromatic carbocycles. The van der Waals surface area contributed by atoms with Crippen LogP contribution in [0.15, 0.2) is 85.2 Å². The van der Waals surface area contributed by atoms with Crippen molar-refractivity contribution in [1.29, 1.82) is 0 Å². The Kier molecular flexibility index (Phi) is 27.1. The normalized spacial score (nSPS) is 10.6. The first-order valence-electron chi connectivity index (χ1n) is 12.0. The fourth-order valence-electron chi connectivity index (χ4n) is 3.05. The predicted molar refractivity (Wildman–Crippen MR) is 156 cm³/mol. The first-order chi connectivity index (χ1) is 17.4. The second-order valence-electron chi connectivity index (χ2n) is 8.06. The molecule has 4 aromatic rings. The Morgan fingerprint density at radius 3 is 1.15 bits per heavy atom. The zero-order valence-electron chi connectivity index (χ0n) is 24.2. The molecule has 0 aliphatic rings. The molecule has 0 aliphatic carbocycles. The molecule has 0 bridgehead atoms. The number of nitrogens with zero attached hydrogens (tertiary/aromatic N) is 2. The van der Waals surface area contributed by atoms with Gasteiger partial charge in [-0.1, -0.05) is 47.5 Å². The van der Waals surface area contributed by atoms with Crippen molar-refractivity contribution in [1.82, 2.24) is 9.97 Å². The molecule has 0 saturated heterocycles. The average molecular weight is 1030 g/mol. The van der Waals surface area contributed by atoms with Gasteiger partial charge in [0.25, 0.3) is 0 Å². The van der Waals surface area contributed by atoms with Gasteiger partial charge in [-0.2, -0.15) is 0 Å². The van der Waals surface area contributed by atoms with Gasteiger partial charge in [0.05, 0.1) is 11.0 Å². The van der Waals surface area contributed by atoms with Gasteiger partial charge >= 0.3 is 42.1 Å². The van der Waals surface area contributed by atoms with Gasteiger partial charge in [0.15, 0.2) is 0 Å². The molecule has 202 valence electrons. The van der Waals surface area contributed by atoms with Crippen molar-refractivity contribution in [2.24, 2.45) is 0 Å². The maximum atomic E-state index is 4.28. The minimum Gasteiger partial charge on any atom is -0.391 e. The summed E-state index contributed by atoms with van der Waals surface area (Å²) in [5.74, 6) is 0. The predicted octanol–water partition coefficient (Wildman–Crippen LogP) is 7.33. The van der Waals surface area contributed by atoms with E-state index >= 15 is 0 Å². The summed E-state index contributed by atoms with van der Waals surface area (Å²) in [7, 11) is 0. The summed E-state index contributed by atoms with van der Waals surface area (Å²) in [5, 5.41) is 2.26. The van der Waals surface area contributed by atoms with Gasteiger partial charge in [-0.05, 0) is 38.8 Å². The summed E-state index contributed by atoms with van der Waals surface area (Å²) >= 11 is 0. The number of allylic oxidation sites excluding steroid dienone is 4. The van der Waals surface area contributed by atoms with Crippen LogP contribution in [-0.2, 0) is 63.2 Å². The van der Waals surface area contributed by atoms with E-state index in [1.54, 1.807) is 12.4 Å². The largest absolute Gasteiger partial charge is 2.00 e. The second-order valence-corrected chi connectivity index (χ2v) is 8.06. The molecule has 0 aliphatic heterocycles. The molecule has 5 heteroatoms. The van der Waals surface area contributed by atoms with Crippen LogP contribution in [0.5, 0.6) is 0 Å². The zero-order chi connectivity index (χ0) is 26.8. The number of aryl methyl sites for hydroxylation is 4. The Bertz CT molecular complexity index is 1260. The maximum absolute atomic E-state index is 4.28. The van der Waals surface area contributed by atoms with Crippen LogP contribution in [0.2, 0.25) is 0 Å². The van der Waals surface area contributed by atoms with Crippen molar-refractivity contribution in [2.75, 3.05) is 0 Å². The van der Waals surface area contributed by atoms with E-state index in [0.717, 1.165) is 21.5 Å². The second kappa shape index (κ2) is 25.3. The van der Waals surface area contributed by atoms with Gasteiger partial charge < -0.3 is 34.7 Å². The standard InChI is InChI=1S/C10H10N2.C10H10.C8H10.C6H8.3W/c1-7-3-4-8(2)10-9(7)11-5-6-12-10;1-3-9-7-5-6-8-10(9)4-2;1-7-3-5-8(2)6-4-7;1-3-5-6-4-2;;;/h3-6H,1-2H3;5-8H,1-2H3;3-6H,1-2H3;5-6H,1-2H3;;;/q;-2;;-2;;2*+2. The molecule has 0 spiro atoms. The number of aromatic nitrogens is 2. The minimum atomic E-state index is 0. The summed E-state index contributed by atoms with van der Waals surface area (Å²) in [6.45, 7) is 15.8. The summed E-state index contributed by atoms with van der Waals surface area (Å²) < 4.78 is 0. The van der Waals surface area contributed by atoms with E-state index in [9.17, 15) is 0 Å². The number of benzene rings is 3. The first-order valence-corrected chi connectivity index (χ1v) is 12.0. The molecule has 0 N–H and O–H groups in total. The Balaban J connectivity index is -0.000000445. The summed E-state index contributed by atoms with van der Waals surface area (Å²) in [5.41, 5.74) is 7.05. The van der Waals surface area contributed by atoms with Crippen molar-refractivity contribution in [2.45, 2.75) is 55.4 Å². The van der Waals surface area contributed by atoms with E-state index in [-0.39, 0.29) is 63.2 Å². The SMILES string of the molecule is C[C-]=CC=[C-]C.C[C-]=c1ccccc1=[C-]C.Cc1ccc(C)c2nccnc12.Cc1ccc(C)cc1.[W+2].[W+2].[W]. The van der Waals surface area contributed by atoms with Crippen molar-refractivity contribution < 1.29 is 63.2 Å². The van der Waals surface area contributed by atoms with Crippen LogP contribution in [-0.4, -0.2) is 9.97 Å². The average Bonchev–Trinajstić information content (AvgIpc) is 2.92. The van der Waals surface area contributed by atoms with Crippen LogP contribution in [0, 0.1) is 39.8 Å². The molecular formula is C34H38N2W3. The van der Waals surface area contributed by atoms with Gasteiger partial charge in [-0.25, -0.2) is 12.1 Å².